The molecule has 2 rings (SSSR count). The van der Waals surface area contributed by atoms with E-state index in [4.69, 9.17) is 5.11 Å². The molecule has 2 saturated heterocycles. The second-order valence-electron chi connectivity index (χ2n) is 6.08. The second kappa shape index (κ2) is 7.46. The summed E-state index contributed by atoms with van der Waals surface area (Å²) < 4.78 is 0. The first-order chi connectivity index (χ1) is 8.83. The van der Waals surface area contributed by atoms with Crippen LogP contribution in [0.15, 0.2) is 0 Å². The Kier molecular flexibility index (Phi) is 5.93. The van der Waals surface area contributed by atoms with Gasteiger partial charge in [0.05, 0.1) is 0 Å². The monoisotopic (exact) mass is 254 g/mol. The van der Waals surface area contributed by atoms with Crippen LogP contribution in [0.1, 0.15) is 58.3 Å². The average molecular weight is 254 g/mol. The molecule has 2 aliphatic rings. The van der Waals surface area contributed by atoms with E-state index in [0.717, 1.165) is 24.5 Å². The van der Waals surface area contributed by atoms with Crippen molar-refractivity contribution in [2.75, 3.05) is 19.7 Å². The number of nitrogens with zero attached hydrogens (tertiary/aromatic N) is 1. The predicted octanol–water partition coefficient (Wildman–Crippen LogP) is 2.14. The summed E-state index contributed by atoms with van der Waals surface area (Å²) >= 11 is 0. The Hall–Kier alpha value is -0.120. The molecule has 0 amide bonds. The second-order valence-corrected chi connectivity index (χ2v) is 6.08. The van der Waals surface area contributed by atoms with Gasteiger partial charge in [-0.15, -0.1) is 0 Å². The molecule has 18 heavy (non-hydrogen) atoms. The van der Waals surface area contributed by atoms with E-state index in [1.807, 2.05) is 0 Å². The molecule has 2 unspecified atom stereocenters. The van der Waals surface area contributed by atoms with Gasteiger partial charge in [0.25, 0.3) is 0 Å². The third-order valence-corrected chi connectivity index (χ3v) is 4.58. The van der Waals surface area contributed by atoms with E-state index in [0.29, 0.717) is 6.61 Å². The summed E-state index contributed by atoms with van der Waals surface area (Å²) in [4.78, 5) is 2.73. The van der Waals surface area contributed by atoms with Crippen LogP contribution >= 0.6 is 0 Å². The summed E-state index contributed by atoms with van der Waals surface area (Å²) in [5, 5.41) is 12.6. The number of aliphatic hydroxyl groups excluding tert-OH is 1. The van der Waals surface area contributed by atoms with Gasteiger partial charge in [-0.1, -0.05) is 6.92 Å². The van der Waals surface area contributed by atoms with Crippen molar-refractivity contribution in [3.8, 4) is 0 Å². The molecule has 0 spiro atoms. The third kappa shape index (κ3) is 3.94. The first kappa shape index (κ1) is 14.3. The summed E-state index contributed by atoms with van der Waals surface area (Å²) in [7, 11) is 0. The van der Waals surface area contributed by atoms with E-state index in [1.54, 1.807) is 0 Å². The Morgan fingerprint density at radius 2 is 1.78 bits per heavy atom. The first-order valence-corrected chi connectivity index (χ1v) is 7.94. The van der Waals surface area contributed by atoms with Crippen molar-refractivity contribution < 1.29 is 5.11 Å². The molecule has 0 aliphatic carbocycles. The predicted molar refractivity (Wildman–Crippen MR) is 75.8 cm³/mol. The topological polar surface area (TPSA) is 35.5 Å². The van der Waals surface area contributed by atoms with Gasteiger partial charge in [-0.25, -0.2) is 0 Å². The zero-order valence-corrected chi connectivity index (χ0v) is 11.9. The van der Waals surface area contributed by atoms with Crippen LogP contribution in [0.4, 0.5) is 0 Å². The maximum Gasteiger partial charge on any atom is 0.0431 e. The number of piperidine rings is 1. The van der Waals surface area contributed by atoms with Crippen molar-refractivity contribution in [3.05, 3.63) is 0 Å². The highest BCUT2D eigenvalue weighted by Crippen LogP contribution is 2.30. The number of aliphatic hydroxyl groups is 1. The lowest BCUT2D eigenvalue weighted by Crippen LogP contribution is -2.48. The average Bonchev–Trinajstić information content (AvgIpc) is 2.72. The summed E-state index contributed by atoms with van der Waals surface area (Å²) in [6, 6.07) is 2.41. The molecule has 2 heterocycles. The molecule has 3 nitrogen and oxygen atoms in total. The van der Waals surface area contributed by atoms with Gasteiger partial charge >= 0.3 is 0 Å². The minimum Gasteiger partial charge on any atom is -0.396 e. The normalized spacial score (nSPS) is 31.2. The van der Waals surface area contributed by atoms with Crippen LogP contribution in [0.2, 0.25) is 0 Å². The summed E-state index contributed by atoms with van der Waals surface area (Å²) in [5.74, 6) is 0. The molecule has 2 N–H and O–H groups in total. The quantitative estimate of drug-likeness (QED) is 0.652. The fourth-order valence-corrected chi connectivity index (χ4v) is 3.69. The Bertz CT molecular complexity index is 223. The lowest BCUT2D eigenvalue weighted by atomic mass is 9.97. The van der Waals surface area contributed by atoms with Gasteiger partial charge in [-0.2, -0.15) is 0 Å². The summed E-state index contributed by atoms with van der Waals surface area (Å²) in [5.41, 5.74) is 0. The Morgan fingerprint density at radius 3 is 2.39 bits per heavy atom. The van der Waals surface area contributed by atoms with Gasteiger partial charge in [0.1, 0.15) is 0 Å². The molecule has 0 aromatic rings. The Morgan fingerprint density at radius 1 is 1.06 bits per heavy atom. The number of nitrogens with one attached hydrogen (secondary N) is 1. The van der Waals surface area contributed by atoms with Gasteiger partial charge in [-0.3, -0.25) is 0 Å². The van der Waals surface area contributed by atoms with Gasteiger partial charge < -0.3 is 15.3 Å². The van der Waals surface area contributed by atoms with E-state index in [1.165, 1.54) is 58.0 Å². The Balaban J connectivity index is 1.77. The molecule has 2 fully saturated rings. The van der Waals surface area contributed by atoms with E-state index < -0.39 is 0 Å². The van der Waals surface area contributed by atoms with Crippen molar-refractivity contribution in [2.45, 2.75) is 76.4 Å². The van der Waals surface area contributed by atoms with Crippen LogP contribution in [0.5, 0.6) is 0 Å². The minimum atomic E-state index is 0.352. The fraction of sp³-hybridized carbons (Fsp3) is 1.00. The largest absolute Gasteiger partial charge is 0.396 e. The lowest BCUT2D eigenvalue weighted by Gasteiger charge is -2.37. The molecule has 2 aliphatic heterocycles. The molecular formula is C15H30N2O. The molecule has 2 bridgehead atoms. The highest BCUT2D eigenvalue weighted by molar-refractivity contribution is 4.95. The van der Waals surface area contributed by atoms with Crippen LogP contribution in [-0.2, 0) is 0 Å². The van der Waals surface area contributed by atoms with Gasteiger partial charge in [0.2, 0.25) is 0 Å². The lowest BCUT2D eigenvalue weighted by molar-refractivity contribution is 0.137. The number of hydrogen-bond acceptors (Lipinski definition) is 3. The SMILES string of the molecule is CCCN(CCCCCO)C1CC2CCC(C1)N2. The van der Waals surface area contributed by atoms with E-state index in [-0.39, 0.29) is 0 Å². The maximum atomic E-state index is 8.84. The molecule has 0 aromatic heterocycles. The third-order valence-electron chi connectivity index (χ3n) is 4.58. The van der Waals surface area contributed by atoms with E-state index >= 15 is 0 Å². The maximum absolute atomic E-state index is 8.84. The number of rotatable bonds is 8. The van der Waals surface area contributed by atoms with Gasteiger partial charge in [0, 0.05) is 24.7 Å². The number of hydrogen-bond donors (Lipinski definition) is 2. The van der Waals surface area contributed by atoms with Crippen molar-refractivity contribution in [2.24, 2.45) is 0 Å². The summed E-state index contributed by atoms with van der Waals surface area (Å²) in [6.07, 6.45) is 10.2. The van der Waals surface area contributed by atoms with Crippen LogP contribution in [-0.4, -0.2) is 47.8 Å². The molecule has 0 aromatic carbocycles. The van der Waals surface area contributed by atoms with Crippen LogP contribution < -0.4 is 5.32 Å². The van der Waals surface area contributed by atoms with Gasteiger partial charge in [0.15, 0.2) is 0 Å². The van der Waals surface area contributed by atoms with Crippen LogP contribution in [0, 0.1) is 0 Å². The fourth-order valence-electron chi connectivity index (χ4n) is 3.69. The molecule has 2 atom stereocenters. The standard InChI is InChI=1S/C15H30N2O/c1-2-8-17(9-4-3-5-10-18)15-11-13-6-7-14(12-15)16-13/h13-16,18H,2-12H2,1H3. The van der Waals surface area contributed by atoms with E-state index in [9.17, 15) is 0 Å². The van der Waals surface area contributed by atoms with Crippen molar-refractivity contribution >= 4 is 0 Å². The number of fused-ring (bicyclic) bond motifs is 2. The first-order valence-electron chi connectivity index (χ1n) is 7.94. The summed E-state index contributed by atoms with van der Waals surface area (Å²) in [6.45, 7) is 5.13. The van der Waals surface area contributed by atoms with E-state index in [2.05, 4.69) is 17.1 Å². The van der Waals surface area contributed by atoms with Crippen molar-refractivity contribution in [1.29, 1.82) is 0 Å². The molecule has 106 valence electrons. The zero-order valence-electron chi connectivity index (χ0n) is 11.9. The van der Waals surface area contributed by atoms with Crippen LogP contribution in [0.25, 0.3) is 0 Å². The van der Waals surface area contributed by atoms with Crippen LogP contribution in [0.3, 0.4) is 0 Å². The molecular weight excluding hydrogens is 224 g/mol. The minimum absolute atomic E-state index is 0.352. The smallest absolute Gasteiger partial charge is 0.0431 e. The van der Waals surface area contributed by atoms with Crippen molar-refractivity contribution in [1.82, 2.24) is 10.2 Å². The van der Waals surface area contributed by atoms with Gasteiger partial charge in [-0.05, 0) is 64.5 Å². The number of unbranched alkanes of at least 4 members (excludes halogenated alkanes) is 2. The molecule has 3 heteroatoms. The Labute approximate surface area is 112 Å². The van der Waals surface area contributed by atoms with Crippen molar-refractivity contribution in [3.63, 3.8) is 0 Å². The zero-order chi connectivity index (χ0) is 12.8. The highest BCUT2D eigenvalue weighted by Gasteiger charge is 2.35. The molecule has 0 saturated carbocycles. The molecule has 0 radical (unpaired) electrons. The highest BCUT2D eigenvalue weighted by atomic mass is 16.2.